The normalized spacial score (nSPS) is 11.5. The van der Waals surface area contributed by atoms with Crippen LogP contribution in [-0.4, -0.2) is 11.1 Å². The van der Waals surface area contributed by atoms with Crippen LogP contribution in [0.3, 0.4) is 0 Å². The molecule has 20 heavy (non-hydrogen) atoms. The Morgan fingerprint density at radius 3 is 2.80 bits per heavy atom. The number of hydrogen-bond donors (Lipinski definition) is 1. The lowest BCUT2D eigenvalue weighted by Gasteiger charge is -1.97. The zero-order valence-corrected chi connectivity index (χ0v) is 10.4. The predicted octanol–water partition coefficient (Wildman–Crippen LogP) is 1.03. The van der Waals surface area contributed by atoms with Crippen LogP contribution in [0.1, 0.15) is 12.0 Å². The molecule has 0 bridgehead atoms. The summed E-state index contributed by atoms with van der Waals surface area (Å²) < 4.78 is 24.7. The summed E-state index contributed by atoms with van der Waals surface area (Å²) >= 11 is 0. The molecule has 2 heterocycles. The van der Waals surface area contributed by atoms with E-state index in [-0.39, 0.29) is 11.2 Å². The molecule has 0 saturated carbocycles. The summed E-state index contributed by atoms with van der Waals surface area (Å²) in [6.07, 6.45) is 1.12. The minimum absolute atomic E-state index is 0.0446. The minimum atomic E-state index is -1.18. The van der Waals surface area contributed by atoms with Crippen LogP contribution in [0.5, 0.6) is 0 Å². The Morgan fingerprint density at radius 1 is 1.25 bits per heavy atom. The summed E-state index contributed by atoms with van der Waals surface area (Å²) in [5.74, 6) is -0.562. The van der Waals surface area contributed by atoms with E-state index in [0.717, 1.165) is 4.57 Å². The molecule has 0 amide bonds. The number of benzene rings is 1. The van der Waals surface area contributed by atoms with Gasteiger partial charge in [0, 0.05) is 10.9 Å². The fourth-order valence-electron chi connectivity index (χ4n) is 2.26. The molecule has 0 fully saturated rings. The van der Waals surface area contributed by atoms with Crippen LogP contribution in [0.4, 0.5) is 4.39 Å². The summed E-state index contributed by atoms with van der Waals surface area (Å²) in [7, 11) is 0. The van der Waals surface area contributed by atoms with Crippen molar-refractivity contribution in [3.8, 4) is 0 Å². The van der Waals surface area contributed by atoms with E-state index in [1.807, 2.05) is 0 Å². The van der Waals surface area contributed by atoms with Gasteiger partial charge in [0.15, 0.2) is 5.82 Å². The van der Waals surface area contributed by atoms with Crippen molar-refractivity contribution in [3.63, 3.8) is 0 Å². The van der Waals surface area contributed by atoms with E-state index in [1.165, 1.54) is 6.07 Å². The van der Waals surface area contributed by atoms with Gasteiger partial charge in [-0.3, -0.25) is 0 Å². The van der Waals surface area contributed by atoms with Gasteiger partial charge in [0.25, 0.3) is 0 Å². The zero-order chi connectivity index (χ0) is 14.3. The van der Waals surface area contributed by atoms with Gasteiger partial charge in [0.2, 0.25) is 5.71 Å². The van der Waals surface area contributed by atoms with Gasteiger partial charge >= 0.3 is 11.3 Å². The molecule has 6 nitrogen and oxygen atoms in total. The van der Waals surface area contributed by atoms with E-state index in [9.17, 15) is 14.0 Å². The Balaban J connectivity index is 2.49. The molecule has 0 aliphatic heterocycles. The zero-order valence-electron chi connectivity index (χ0n) is 10.4. The first-order valence-electron chi connectivity index (χ1n) is 6.10. The maximum atomic E-state index is 14.0. The van der Waals surface area contributed by atoms with Crippen molar-refractivity contribution >= 4 is 16.6 Å². The van der Waals surface area contributed by atoms with Crippen molar-refractivity contribution < 1.29 is 13.3 Å². The largest absolute Gasteiger partial charge is 0.442 e. The van der Waals surface area contributed by atoms with Gasteiger partial charge < -0.3 is 14.7 Å². The van der Waals surface area contributed by atoms with Crippen LogP contribution >= 0.6 is 0 Å². The molecule has 0 aliphatic carbocycles. The van der Waals surface area contributed by atoms with Crippen LogP contribution < -0.4 is 17.0 Å². The predicted molar refractivity (Wildman–Crippen MR) is 69.3 cm³/mol. The average molecular weight is 278 g/mol. The van der Waals surface area contributed by atoms with E-state index in [2.05, 4.69) is 0 Å². The summed E-state index contributed by atoms with van der Waals surface area (Å²) in [5.41, 5.74) is 3.90. The minimum Gasteiger partial charge on any atom is -0.397 e. The standard InChI is InChI=1S/C13H11FN2O4/c14-9-5-1-3-7-8(4-2-6-15)11-16(10(7)9)20-13(18)12(17)19-11/h1,3,5H,2,4,6,15H2. The number of fused-ring (bicyclic) bond motifs is 3. The molecule has 0 unspecified atom stereocenters. The van der Waals surface area contributed by atoms with E-state index >= 15 is 0 Å². The Morgan fingerprint density at radius 2 is 2.05 bits per heavy atom. The van der Waals surface area contributed by atoms with Gasteiger partial charge in [-0.05, 0) is 25.5 Å². The lowest BCUT2D eigenvalue weighted by molar-refractivity contribution is 0.284. The van der Waals surface area contributed by atoms with Gasteiger partial charge in [-0.1, -0.05) is 12.1 Å². The SMILES string of the molecule is NCCCc1c2cccc(F)c2n2oc(=O)c(=O)oc12. The van der Waals surface area contributed by atoms with Crippen LogP contribution in [0.2, 0.25) is 0 Å². The van der Waals surface area contributed by atoms with E-state index in [4.69, 9.17) is 14.7 Å². The quantitative estimate of drug-likeness (QED) is 0.722. The van der Waals surface area contributed by atoms with Crippen molar-refractivity contribution in [2.75, 3.05) is 6.54 Å². The summed E-state index contributed by atoms with van der Waals surface area (Å²) in [6.45, 7) is 0.440. The second-order valence-corrected chi connectivity index (χ2v) is 4.37. The highest BCUT2D eigenvalue weighted by molar-refractivity contribution is 5.90. The van der Waals surface area contributed by atoms with Gasteiger partial charge in [-0.2, -0.15) is 0 Å². The molecular weight excluding hydrogens is 267 g/mol. The number of halogens is 1. The Hall–Kier alpha value is -2.41. The van der Waals surface area contributed by atoms with Crippen LogP contribution in [0.25, 0.3) is 16.6 Å². The molecule has 3 aromatic rings. The molecule has 7 heteroatoms. The average Bonchev–Trinajstić information content (AvgIpc) is 2.72. The van der Waals surface area contributed by atoms with E-state index in [1.54, 1.807) is 12.1 Å². The Labute approximate surface area is 111 Å². The summed E-state index contributed by atoms with van der Waals surface area (Å²) in [6, 6.07) is 4.46. The third kappa shape index (κ3) is 1.75. The molecule has 2 aromatic heterocycles. The molecule has 0 spiro atoms. The Kier molecular flexibility index (Phi) is 2.90. The maximum Gasteiger partial charge on any atom is 0.442 e. The molecule has 0 atom stereocenters. The first-order chi connectivity index (χ1) is 9.63. The maximum absolute atomic E-state index is 14.0. The monoisotopic (exact) mass is 278 g/mol. The van der Waals surface area contributed by atoms with E-state index in [0.29, 0.717) is 30.3 Å². The highest BCUT2D eigenvalue weighted by Crippen LogP contribution is 2.28. The Bertz CT molecular complexity index is 906. The highest BCUT2D eigenvalue weighted by Gasteiger charge is 2.19. The van der Waals surface area contributed by atoms with Gasteiger partial charge in [-0.25, -0.2) is 14.0 Å². The third-order valence-corrected chi connectivity index (χ3v) is 3.12. The van der Waals surface area contributed by atoms with Crippen molar-refractivity contribution in [1.29, 1.82) is 0 Å². The topological polar surface area (TPSA) is 90.9 Å². The lowest BCUT2D eigenvalue weighted by Crippen LogP contribution is -2.23. The number of rotatable bonds is 3. The first-order valence-corrected chi connectivity index (χ1v) is 6.10. The van der Waals surface area contributed by atoms with Crippen molar-refractivity contribution in [1.82, 2.24) is 4.57 Å². The highest BCUT2D eigenvalue weighted by atomic mass is 19.1. The molecule has 2 N–H and O–H groups in total. The fraction of sp³-hybridized carbons (Fsp3) is 0.231. The molecule has 0 aliphatic rings. The summed E-state index contributed by atoms with van der Waals surface area (Å²) in [5, 5.41) is 0.538. The number of nitrogens with zero attached hydrogens (tertiary/aromatic N) is 1. The lowest BCUT2D eigenvalue weighted by atomic mass is 10.1. The number of aryl methyl sites for hydroxylation is 1. The number of para-hydroxylation sites is 1. The van der Waals surface area contributed by atoms with Gasteiger partial charge in [0.1, 0.15) is 5.52 Å². The molecule has 0 radical (unpaired) electrons. The van der Waals surface area contributed by atoms with E-state index < -0.39 is 17.1 Å². The third-order valence-electron chi connectivity index (χ3n) is 3.12. The molecular formula is C13H11FN2O4. The number of hydrogen-bond acceptors (Lipinski definition) is 5. The van der Waals surface area contributed by atoms with Crippen molar-refractivity contribution in [3.05, 3.63) is 50.4 Å². The fourth-order valence-corrected chi connectivity index (χ4v) is 2.26. The second kappa shape index (κ2) is 4.61. The molecule has 0 saturated heterocycles. The smallest absolute Gasteiger partial charge is 0.397 e. The van der Waals surface area contributed by atoms with Gasteiger partial charge in [-0.15, -0.1) is 4.57 Å². The summed E-state index contributed by atoms with van der Waals surface area (Å²) in [4.78, 5) is 22.6. The van der Waals surface area contributed by atoms with Crippen LogP contribution in [0.15, 0.2) is 36.7 Å². The number of aromatic nitrogens is 1. The number of nitrogens with two attached hydrogens (primary N) is 1. The van der Waals surface area contributed by atoms with Crippen LogP contribution in [0, 0.1) is 5.82 Å². The van der Waals surface area contributed by atoms with Crippen LogP contribution in [-0.2, 0) is 6.42 Å². The van der Waals surface area contributed by atoms with Gasteiger partial charge in [0.05, 0.1) is 0 Å². The molecule has 1 aromatic carbocycles. The first kappa shape index (κ1) is 12.6. The molecule has 104 valence electrons. The molecule has 3 rings (SSSR count). The van der Waals surface area contributed by atoms with Crippen molar-refractivity contribution in [2.45, 2.75) is 12.8 Å². The van der Waals surface area contributed by atoms with Crippen molar-refractivity contribution in [2.24, 2.45) is 5.73 Å². The second-order valence-electron chi connectivity index (χ2n) is 4.37.